The molecule has 0 bridgehead atoms. The average molecular weight is 455 g/mol. The van der Waals surface area contributed by atoms with Crippen LogP contribution in [0.5, 0.6) is 0 Å². The lowest BCUT2D eigenvalue weighted by atomic mass is 10.1. The van der Waals surface area contributed by atoms with Crippen LogP contribution in [0, 0.1) is 0 Å². The molecule has 0 unspecified atom stereocenters. The molecule has 12 heteroatoms. The number of hydrogen-bond donors (Lipinski definition) is 4. The molecule has 1 aliphatic rings. The van der Waals surface area contributed by atoms with E-state index in [0.717, 1.165) is 18.6 Å². The molecular formula is C19H34N8O3S. The molecule has 3 heterocycles. The van der Waals surface area contributed by atoms with Gasteiger partial charge in [-0.25, -0.2) is 9.71 Å². The summed E-state index contributed by atoms with van der Waals surface area (Å²) in [5.41, 5.74) is 1.40. The third kappa shape index (κ3) is 5.43. The Balaban J connectivity index is 1.80. The highest BCUT2D eigenvalue weighted by Gasteiger charge is 2.28. The zero-order valence-corrected chi connectivity index (χ0v) is 19.5. The molecule has 0 aliphatic carbocycles. The highest BCUT2D eigenvalue weighted by Crippen LogP contribution is 2.25. The topological polar surface area (TPSA) is 137 Å². The van der Waals surface area contributed by atoms with Crippen LogP contribution in [0.2, 0.25) is 0 Å². The van der Waals surface area contributed by atoms with Gasteiger partial charge in [-0.3, -0.25) is 0 Å². The molecule has 1 aliphatic heterocycles. The number of fused-ring (bicyclic) bond motifs is 1. The predicted molar refractivity (Wildman–Crippen MR) is 121 cm³/mol. The number of rotatable bonds is 10. The number of aliphatic hydroxyl groups excluding tert-OH is 1. The maximum absolute atomic E-state index is 12.2. The van der Waals surface area contributed by atoms with E-state index in [0.29, 0.717) is 49.8 Å². The van der Waals surface area contributed by atoms with Crippen LogP contribution in [0.4, 0.5) is 11.8 Å². The van der Waals surface area contributed by atoms with Crippen LogP contribution in [0.25, 0.3) is 11.2 Å². The maximum atomic E-state index is 12.2. The van der Waals surface area contributed by atoms with E-state index in [1.807, 2.05) is 18.4 Å². The van der Waals surface area contributed by atoms with Crippen molar-refractivity contribution < 1.29 is 13.5 Å². The Hall–Kier alpha value is -2.02. The molecule has 0 amide bonds. The van der Waals surface area contributed by atoms with Gasteiger partial charge in [0.1, 0.15) is 0 Å². The van der Waals surface area contributed by atoms with Gasteiger partial charge in [-0.1, -0.05) is 13.8 Å². The molecule has 4 N–H and O–H groups in total. The van der Waals surface area contributed by atoms with Gasteiger partial charge in [0.25, 0.3) is 10.2 Å². The summed E-state index contributed by atoms with van der Waals surface area (Å²) in [5, 5.41) is 16.7. The van der Waals surface area contributed by atoms with Gasteiger partial charge in [0.15, 0.2) is 17.0 Å². The fourth-order valence-electron chi connectivity index (χ4n) is 3.78. The van der Waals surface area contributed by atoms with Gasteiger partial charge in [-0.05, 0) is 33.1 Å². The fraction of sp³-hybridized carbons (Fsp3) is 0.737. The summed E-state index contributed by atoms with van der Waals surface area (Å²) in [5.74, 6) is 1.05. The zero-order chi connectivity index (χ0) is 22.6. The zero-order valence-electron chi connectivity index (χ0n) is 18.7. The molecule has 2 aromatic heterocycles. The van der Waals surface area contributed by atoms with Crippen LogP contribution in [-0.2, 0) is 16.8 Å². The minimum absolute atomic E-state index is 0.0736. The highest BCUT2D eigenvalue weighted by molar-refractivity contribution is 7.87. The van der Waals surface area contributed by atoms with Crippen molar-refractivity contribution in [2.75, 3.05) is 30.3 Å². The first-order valence-electron chi connectivity index (χ1n) is 11.0. The van der Waals surface area contributed by atoms with Crippen LogP contribution < -0.4 is 15.4 Å². The number of aromatic nitrogens is 4. The summed E-state index contributed by atoms with van der Waals surface area (Å²) in [7, 11) is -3.42. The Bertz CT molecular complexity index is 970. The van der Waals surface area contributed by atoms with Crippen LogP contribution >= 0.6 is 0 Å². The first-order chi connectivity index (χ1) is 14.8. The van der Waals surface area contributed by atoms with Gasteiger partial charge < -0.3 is 20.3 Å². The molecule has 2 atom stereocenters. The number of aryl methyl sites for hydroxylation is 1. The Kier molecular flexibility index (Phi) is 7.68. The lowest BCUT2D eigenvalue weighted by molar-refractivity contribution is 0.169. The Morgan fingerprint density at radius 3 is 2.52 bits per heavy atom. The van der Waals surface area contributed by atoms with Crippen molar-refractivity contribution in [3.63, 3.8) is 0 Å². The summed E-state index contributed by atoms with van der Waals surface area (Å²) in [6, 6.07) is -0.0904. The lowest BCUT2D eigenvalue weighted by Gasteiger charge is -2.31. The number of imidazole rings is 1. The van der Waals surface area contributed by atoms with Crippen molar-refractivity contribution in [2.24, 2.45) is 0 Å². The van der Waals surface area contributed by atoms with Crippen molar-refractivity contribution >= 4 is 33.1 Å². The van der Waals surface area contributed by atoms with E-state index in [9.17, 15) is 13.5 Å². The van der Waals surface area contributed by atoms with E-state index >= 15 is 0 Å². The summed E-state index contributed by atoms with van der Waals surface area (Å²) < 4.78 is 30.4. The highest BCUT2D eigenvalue weighted by atomic mass is 32.2. The second-order valence-electron chi connectivity index (χ2n) is 7.82. The van der Waals surface area contributed by atoms with Gasteiger partial charge in [0.2, 0.25) is 5.95 Å². The predicted octanol–water partition coefficient (Wildman–Crippen LogP) is 1.15. The summed E-state index contributed by atoms with van der Waals surface area (Å²) in [4.78, 5) is 13.8. The first kappa shape index (κ1) is 23.6. The van der Waals surface area contributed by atoms with E-state index in [1.165, 1.54) is 4.31 Å². The van der Waals surface area contributed by atoms with Crippen LogP contribution in [0.15, 0.2) is 6.33 Å². The van der Waals surface area contributed by atoms with E-state index in [4.69, 9.17) is 0 Å². The normalized spacial score (nSPS) is 18.2. The van der Waals surface area contributed by atoms with Gasteiger partial charge in [0, 0.05) is 32.2 Å². The minimum Gasteiger partial charge on any atom is -0.391 e. The van der Waals surface area contributed by atoms with Gasteiger partial charge in [-0.15, -0.1) is 0 Å². The molecule has 0 saturated carbocycles. The van der Waals surface area contributed by atoms with Crippen molar-refractivity contribution in [3.8, 4) is 0 Å². The molecule has 0 radical (unpaired) electrons. The maximum Gasteiger partial charge on any atom is 0.279 e. The summed E-state index contributed by atoms with van der Waals surface area (Å²) in [6.45, 7) is 9.51. The average Bonchev–Trinajstić information content (AvgIpc) is 3.15. The van der Waals surface area contributed by atoms with Crippen molar-refractivity contribution in [3.05, 3.63) is 6.33 Å². The monoisotopic (exact) mass is 454 g/mol. The van der Waals surface area contributed by atoms with Crippen LogP contribution in [-0.4, -0.2) is 75.2 Å². The Morgan fingerprint density at radius 1 is 1.23 bits per heavy atom. The third-order valence-corrected chi connectivity index (χ3v) is 7.30. The Labute approximate surface area is 183 Å². The van der Waals surface area contributed by atoms with E-state index in [-0.39, 0.29) is 12.1 Å². The molecule has 11 nitrogen and oxygen atoms in total. The van der Waals surface area contributed by atoms with Gasteiger partial charge in [0.05, 0.1) is 18.5 Å². The molecular weight excluding hydrogens is 420 g/mol. The fourth-order valence-corrected chi connectivity index (χ4v) is 5.02. The molecule has 1 fully saturated rings. The molecule has 3 rings (SSSR count). The van der Waals surface area contributed by atoms with Crippen molar-refractivity contribution in [1.29, 1.82) is 0 Å². The van der Waals surface area contributed by atoms with E-state index in [2.05, 4.69) is 30.3 Å². The Morgan fingerprint density at radius 2 is 1.94 bits per heavy atom. The minimum atomic E-state index is -3.42. The standard InChI is InChI=1S/C19H34N8O3S/c1-5-15(13(4)28)23-19-24-17(16-18(25-19)26(7-3)12-20-16)22-14-8-10-27(11-9-14)31(29,30)21-6-2/h12-15,21,28H,5-11H2,1-4H3,(H2,22,23,24,25)/t13-,15+/m1/s1. The van der Waals surface area contributed by atoms with Crippen LogP contribution in [0.1, 0.15) is 47.0 Å². The number of piperidine rings is 1. The van der Waals surface area contributed by atoms with Gasteiger partial charge in [-0.2, -0.15) is 22.7 Å². The van der Waals surface area contributed by atoms with Crippen LogP contribution in [0.3, 0.4) is 0 Å². The first-order valence-corrected chi connectivity index (χ1v) is 12.4. The number of hydrogen-bond acceptors (Lipinski definition) is 8. The molecule has 0 aromatic carbocycles. The number of anilines is 2. The number of nitrogens with zero attached hydrogens (tertiary/aromatic N) is 5. The van der Waals surface area contributed by atoms with Crippen molar-refractivity contribution in [1.82, 2.24) is 28.5 Å². The number of nitrogens with one attached hydrogen (secondary N) is 3. The van der Waals surface area contributed by atoms with E-state index < -0.39 is 16.3 Å². The third-order valence-electron chi connectivity index (χ3n) is 5.60. The molecule has 31 heavy (non-hydrogen) atoms. The molecule has 2 aromatic rings. The molecule has 0 spiro atoms. The second kappa shape index (κ2) is 10.1. The molecule has 174 valence electrons. The summed E-state index contributed by atoms with van der Waals surface area (Å²) >= 11 is 0. The quantitative estimate of drug-likeness (QED) is 0.419. The van der Waals surface area contributed by atoms with E-state index in [1.54, 1.807) is 20.2 Å². The number of aliphatic hydroxyl groups is 1. The van der Waals surface area contributed by atoms with Gasteiger partial charge >= 0.3 is 0 Å². The smallest absolute Gasteiger partial charge is 0.279 e. The molecule has 1 saturated heterocycles. The second-order valence-corrected chi connectivity index (χ2v) is 9.57. The lowest BCUT2D eigenvalue weighted by Crippen LogP contribution is -2.47. The summed E-state index contributed by atoms with van der Waals surface area (Å²) in [6.07, 6.45) is 3.26. The largest absolute Gasteiger partial charge is 0.391 e. The van der Waals surface area contributed by atoms with Crippen molar-refractivity contribution in [2.45, 2.75) is 71.7 Å². The SMILES string of the molecule is CCNS(=O)(=O)N1CCC(Nc2nc(N[C@@H](CC)[C@@H](C)O)nc3c2ncn3CC)CC1.